The van der Waals surface area contributed by atoms with E-state index < -0.39 is 5.91 Å². The standard InChI is InChI=1S/C25H26N4O2S/c1-18-7-4-5-11-29(18)24(30)17-28-16-20(22-9-2-3-10-23(22)28)13-19(14-26)25(31)27-15-21-8-6-12-32-21/h2-3,6,8-10,12-13,16,18H,4-5,7,11,15,17H2,1H3,(H,27,31)/b19-13+/t18-/m1/s1. The molecule has 4 rings (SSSR count). The van der Waals surface area contributed by atoms with E-state index in [1.54, 1.807) is 17.4 Å². The number of rotatable bonds is 6. The Balaban J connectivity index is 1.58. The lowest BCUT2D eigenvalue weighted by Crippen LogP contribution is -2.43. The zero-order valence-corrected chi connectivity index (χ0v) is 18.9. The molecule has 6 nitrogen and oxygen atoms in total. The monoisotopic (exact) mass is 446 g/mol. The minimum atomic E-state index is -0.407. The summed E-state index contributed by atoms with van der Waals surface area (Å²) in [5.41, 5.74) is 1.71. The summed E-state index contributed by atoms with van der Waals surface area (Å²) in [5, 5.41) is 15.3. The highest BCUT2D eigenvalue weighted by Gasteiger charge is 2.24. The lowest BCUT2D eigenvalue weighted by molar-refractivity contribution is -0.135. The highest BCUT2D eigenvalue weighted by atomic mass is 32.1. The fourth-order valence-corrected chi connectivity index (χ4v) is 4.85. The summed E-state index contributed by atoms with van der Waals surface area (Å²) < 4.78 is 1.92. The number of carbonyl (C=O) groups is 2. The molecule has 1 aromatic carbocycles. The highest BCUT2D eigenvalue weighted by molar-refractivity contribution is 7.09. The predicted molar refractivity (Wildman–Crippen MR) is 127 cm³/mol. The van der Waals surface area contributed by atoms with Crippen LogP contribution in [0.15, 0.2) is 53.5 Å². The van der Waals surface area contributed by atoms with Gasteiger partial charge < -0.3 is 14.8 Å². The number of likely N-dealkylation sites (tertiary alicyclic amines) is 1. The average molecular weight is 447 g/mol. The Morgan fingerprint density at radius 1 is 1.25 bits per heavy atom. The zero-order valence-electron chi connectivity index (χ0n) is 18.1. The molecule has 1 aliphatic heterocycles. The number of para-hydroxylation sites is 1. The van der Waals surface area contributed by atoms with Gasteiger partial charge in [0, 0.05) is 40.1 Å². The van der Waals surface area contributed by atoms with Gasteiger partial charge in [-0.25, -0.2) is 0 Å². The molecule has 1 atom stereocenters. The maximum absolute atomic E-state index is 13.0. The number of hydrogen-bond acceptors (Lipinski definition) is 4. The van der Waals surface area contributed by atoms with Crippen molar-refractivity contribution in [1.29, 1.82) is 5.26 Å². The van der Waals surface area contributed by atoms with Crippen LogP contribution in [0.3, 0.4) is 0 Å². The third-order valence-electron chi connectivity index (χ3n) is 5.92. The van der Waals surface area contributed by atoms with Gasteiger partial charge in [-0.15, -0.1) is 11.3 Å². The van der Waals surface area contributed by atoms with E-state index in [1.807, 2.05) is 63.5 Å². The second-order valence-electron chi connectivity index (χ2n) is 8.09. The number of piperidine rings is 1. The first-order valence-corrected chi connectivity index (χ1v) is 11.7. The summed E-state index contributed by atoms with van der Waals surface area (Å²) in [6.07, 6.45) is 6.72. The number of carbonyl (C=O) groups excluding carboxylic acids is 2. The van der Waals surface area contributed by atoms with E-state index in [9.17, 15) is 14.9 Å². The number of nitriles is 1. The molecule has 0 aliphatic carbocycles. The van der Waals surface area contributed by atoms with Crippen molar-refractivity contribution in [3.63, 3.8) is 0 Å². The van der Waals surface area contributed by atoms with Crippen LogP contribution < -0.4 is 5.32 Å². The number of thiophene rings is 1. The SMILES string of the molecule is C[C@@H]1CCCCN1C(=O)Cn1cc(/C=C(\C#N)C(=O)NCc2cccs2)c2ccccc21. The molecule has 0 saturated carbocycles. The van der Waals surface area contributed by atoms with Crippen LogP contribution >= 0.6 is 11.3 Å². The number of amides is 2. The number of hydrogen-bond donors (Lipinski definition) is 1. The summed E-state index contributed by atoms with van der Waals surface area (Å²) in [5.74, 6) is -0.307. The van der Waals surface area contributed by atoms with Crippen molar-refractivity contribution < 1.29 is 9.59 Å². The van der Waals surface area contributed by atoms with E-state index in [1.165, 1.54) is 0 Å². The lowest BCUT2D eigenvalue weighted by atomic mass is 10.0. The molecule has 3 heterocycles. The highest BCUT2D eigenvalue weighted by Crippen LogP contribution is 2.25. The Morgan fingerprint density at radius 3 is 2.84 bits per heavy atom. The number of nitrogens with one attached hydrogen (secondary N) is 1. The Hall–Kier alpha value is -3.37. The van der Waals surface area contributed by atoms with Gasteiger partial charge in [0.05, 0.1) is 6.54 Å². The summed E-state index contributed by atoms with van der Waals surface area (Å²) in [4.78, 5) is 28.6. The molecule has 0 bridgehead atoms. The summed E-state index contributed by atoms with van der Waals surface area (Å²) in [6, 6.07) is 13.9. The molecule has 1 N–H and O–H groups in total. The van der Waals surface area contributed by atoms with E-state index in [0.717, 1.165) is 47.2 Å². The molecular formula is C25H26N4O2S. The van der Waals surface area contributed by atoms with E-state index in [0.29, 0.717) is 6.54 Å². The Labute approximate surface area is 191 Å². The minimum absolute atomic E-state index is 0.0421. The molecular weight excluding hydrogens is 420 g/mol. The van der Waals surface area contributed by atoms with E-state index in [-0.39, 0.29) is 24.1 Å². The number of nitrogens with zero attached hydrogens (tertiary/aromatic N) is 3. The molecule has 0 radical (unpaired) electrons. The number of benzene rings is 1. The van der Waals surface area contributed by atoms with Gasteiger partial charge in [0.1, 0.15) is 18.2 Å². The van der Waals surface area contributed by atoms with Crippen LogP contribution in [-0.2, 0) is 22.7 Å². The maximum atomic E-state index is 13.0. The van der Waals surface area contributed by atoms with Crippen LogP contribution in [0.2, 0.25) is 0 Å². The largest absolute Gasteiger partial charge is 0.347 e. The van der Waals surface area contributed by atoms with Gasteiger partial charge in [-0.2, -0.15) is 5.26 Å². The molecule has 3 aromatic rings. The second-order valence-corrected chi connectivity index (χ2v) is 9.13. The summed E-state index contributed by atoms with van der Waals surface area (Å²) >= 11 is 1.55. The fraction of sp³-hybridized carbons (Fsp3) is 0.320. The summed E-state index contributed by atoms with van der Waals surface area (Å²) in [6.45, 7) is 3.53. The Morgan fingerprint density at radius 2 is 2.09 bits per heavy atom. The first-order valence-electron chi connectivity index (χ1n) is 10.9. The molecule has 0 unspecified atom stereocenters. The van der Waals surface area contributed by atoms with Gasteiger partial charge in [0.15, 0.2) is 0 Å². The molecule has 1 aliphatic rings. The maximum Gasteiger partial charge on any atom is 0.262 e. The molecule has 2 aromatic heterocycles. The Bertz CT molecular complexity index is 1190. The number of aromatic nitrogens is 1. The van der Waals surface area contributed by atoms with Crippen molar-refractivity contribution in [3.8, 4) is 6.07 Å². The molecule has 2 amide bonds. The normalized spacial score (nSPS) is 16.7. The van der Waals surface area contributed by atoms with Crippen LogP contribution in [-0.4, -0.2) is 33.9 Å². The Kier molecular flexibility index (Phi) is 6.72. The molecule has 1 fully saturated rings. The van der Waals surface area contributed by atoms with Crippen LogP contribution in [0.1, 0.15) is 36.6 Å². The predicted octanol–water partition coefficient (Wildman–Crippen LogP) is 4.33. The fourth-order valence-electron chi connectivity index (χ4n) is 4.21. The molecule has 164 valence electrons. The van der Waals surface area contributed by atoms with Crippen molar-refractivity contribution in [3.05, 3.63) is 64.0 Å². The first kappa shape index (κ1) is 21.8. The average Bonchev–Trinajstić information content (AvgIpc) is 3.44. The van der Waals surface area contributed by atoms with Crippen LogP contribution in [0, 0.1) is 11.3 Å². The molecule has 7 heteroatoms. The number of fused-ring (bicyclic) bond motifs is 1. The van der Waals surface area contributed by atoms with Crippen LogP contribution in [0.5, 0.6) is 0 Å². The van der Waals surface area contributed by atoms with Gasteiger partial charge in [-0.05, 0) is 49.8 Å². The van der Waals surface area contributed by atoms with Gasteiger partial charge in [0.2, 0.25) is 5.91 Å². The molecule has 1 saturated heterocycles. The van der Waals surface area contributed by atoms with Crippen LogP contribution in [0.25, 0.3) is 17.0 Å². The molecule has 32 heavy (non-hydrogen) atoms. The van der Waals surface area contributed by atoms with E-state index in [2.05, 4.69) is 12.2 Å². The quantitative estimate of drug-likeness (QED) is 0.452. The first-order chi connectivity index (χ1) is 15.6. The van der Waals surface area contributed by atoms with Crippen molar-refractivity contribution in [2.24, 2.45) is 0 Å². The zero-order chi connectivity index (χ0) is 22.5. The van der Waals surface area contributed by atoms with Crippen molar-refractivity contribution in [2.45, 2.75) is 45.3 Å². The third kappa shape index (κ3) is 4.76. The van der Waals surface area contributed by atoms with E-state index in [4.69, 9.17) is 0 Å². The van der Waals surface area contributed by atoms with Crippen molar-refractivity contribution >= 4 is 40.1 Å². The van der Waals surface area contributed by atoms with Crippen molar-refractivity contribution in [2.75, 3.05) is 6.54 Å². The lowest BCUT2D eigenvalue weighted by Gasteiger charge is -2.33. The minimum Gasteiger partial charge on any atom is -0.347 e. The summed E-state index contributed by atoms with van der Waals surface area (Å²) in [7, 11) is 0. The third-order valence-corrected chi connectivity index (χ3v) is 6.79. The second kappa shape index (κ2) is 9.84. The smallest absolute Gasteiger partial charge is 0.262 e. The van der Waals surface area contributed by atoms with Crippen LogP contribution in [0.4, 0.5) is 0 Å². The van der Waals surface area contributed by atoms with Gasteiger partial charge in [-0.3, -0.25) is 9.59 Å². The van der Waals surface area contributed by atoms with Crippen molar-refractivity contribution in [1.82, 2.24) is 14.8 Å². The van der Waals surface area contributed by atoms with Gasteiger partial charge in [0.25, 0.3) is 5.91 Å². The topological polar surface area (TPSA) is 78.1 Å². The van der Waals surface area contributed by atoms with Gasteiger partial charge in [-0.1, -0.05) is 24.3 Å². The van der Waals surface area contributed by atoms with Gasteiger partial charge >= 0.3 is 0 Å². The van der Waals surface area contributed by atoms with E-state index >= 15 is 0 Å². The molecule has 0 spiro atoms.